The van der Waals surface area contributed by atoms with Crippen molar-refractivity contribution in [3.63, 3.8) is 0 Å². The van der Waals surface area contributed by atoms with Gasteiger partial charge in [0.1, 0.15) is 28.8 Å². The predicted octanol–water partition coefficient (Wildman–Crippen LogP) is 3.60. The van der Waals surface area contributed by atoms with Gasteiger partial charge in [-0.2, -0.15) is 23.5 Å². The SMILES string of the molecule is C[C@@H](c1ccc(C(F)(F)F)nc1)n1nc(C#N)c2c(=O)[nH]c(C3CCC3c3ncc(F)cn3)nc21. The van der Waals surface area contributed by atoms with Gasteiger partial charge in [-0.15, -0.1) is 0 Å². The molecule has 1 aliphatic carbocycles. The zero-order valence-corrected chi connectivity index (χ0v) is 18.1. The van der Waals surface area contributed by atoms with Crippen molar-refractivity contribution in [2.45, 2.75) is 43.8 Å². The second kappa shape index (κ2) is 8.23. The maximum atomic E-state index is 13.2. The summed E-state index contributed by atoms with van der Waals surface area (Å²) in [6.45, 7) is 1.65. The standard InChI is InChI=1S/C22H16F4N8O/c1-10(11-2-5-16(28-7-11)22(24,25)26)34-20-17(15(6-27)33-34)21(35)32-19(31-20)14-4-3-13(14)18-29-8-12(23)9-30-18/h2,5,7-10,13-14H,3-4H2,1H3,(H,31,32,35)/t10-,13?,14?/m0/s1. The Bertz CT molecular complexity index is 1500. The molecule has 4 aromatic heterocycles. The molecule has 3 atom stereocenters. The number of halogens is 4. The Labute approximate surface area is 194 Å². The maximum absolute atomic E-state index is 13.2. The minimum Gasteiger partial charge on any atom is -0.310 e. The van der Waals surface area contributed by atoms with Crippen LogP contribution < -0.4 is 5.56 Å². The summed E-state index contributed by atoms with van der Waals surface area (Å²) in [4.78, 5) is 31.8. The maximum Gasteiger partial charge on any atom is 0.433 e. The smallest absolute Gasteiger partial charge is 0.310 e. The van der Waals surface area contributed by atoms with Gasteiger partial charge in [-0.3, -0.25) is 9.78 Å². The Morgan fingerprint density at radius 1 is 1.14 bits per heavy atom. The number of pyridine rings is 1. The Morgan fingerprint density at radius 2 is 1.86 bits per heavy atom. The lowest BCUT2D eigenvalue weighted by Gasteiger charge is -2.34. The van der Waals surface area contributed by atoms with Crippen LogP contribution in [0, 0.1) is 17.1 Å². The van der Waals surface area contributed by atoms with E-state index in [1.54, 1.807) is 6.92 Å². The van der Waals surface area contributed by atoms with Gasteiger partial charge in [-0.05, 0) is 31.4 Å². The van der Waals surface area contributed by atoms with Crippen LogP contribution in [0.25, 0.3) is 11.0 Å². The molecule has 2 unspecified atom stereocenters. The number of nitrogens with one attached hydrogen (secondary N) is 1. The summed E-state index contributed by atoms with van der Waals surface area (Å²) in [6.07, 6.45) is 0.0442. The minimum atomic E-state index is -4.58. The Hall–Kier alpha value is -4.21. The molecule has 35 heavy (non-hydrogen) atoms. The predicted molar refractivity (Wildman–Crippen MR) is 113 cm³/mol. The topological polar surface area (TPSA) is 126 Å². The molecule has 4 heterocycles. The van der Waals surface area contributed by atoms with E-state index in [-0.39, 0.29) is 28.6 Å². The van der Waals surface area contributed by atoms with Gasteiger partial charge in [-0.25, -0.2) is 24.0 Å². The first-order valence-electron chi connectivity index (χ1n) is 10.6. The van der Waals surface area contributed by atoms with Gasteiger partial charge in [0.15, 0.2) is 17.2 Å². The number of rotatable bonds is 4. The normalized spacial score (nSPS) is 18.7. The van der Waals surface area contributed by atoms with Gasteiger partial charge in [-0.1, -0.05) is 6.07 Å². The zero-order valence-electron chi connectivity index (χ0n) is 18.1. The summed E-state index contributed by atoms with van der Waals surface area (Å²) in [6, 6.07) is 3.32. The van der Waals surface area contributed by atoms with Gasteiger partial charge in [0.05, 0.1) is 18.4 Å². The van der Waals surface area contributed by atoms with E-state index in [9.17, 15) is 27.6 Å². The first-order valence-corrected chi connectivity index (χ1v) is 10.6. The molecule has 0 saturated heterocycles. The van der Waals surface area contributed by atoms with Crippen LogP contribution in [0.1, 0.15) is 66.2 Å². The Balaban J connectivity index is 1.56. The van der Waals surface area contributed by atoms with Crippen molar-refractivity contribution in [3.05, 3.63) is 75.5 Å². The number of hydrogen-bond donors (Lipinski definition) is 1. The third-order valence-electron chi connectivity index (χ3n) is 6.21. The fourth-order valence-corrected chi connectivity index (χ4v) is 4.20. The molecule has 1 N–H and O–H groups in total. The molecular formula is C22H16F4N8O. The van der Waals surface area contributed by atoms with Crippen LogP contribution in [0.15, 0.2) is 35.5 Å². The third kappa shape index (κ3) is 3.90. The Morgan fingerprint density at radius 3 is 2.43 bits per heavy atom. The number of nitriles is 1. The molecule has 0 amide bonds. The number of aromatic amines is 1. The summed E-state index contributed by atoms with van der Waals surface area (Å²) < 4.78 is 53.2. The average molecular weight is 484 g/mol. The van der Waals surface area contributed by atoms with Crippen LogP contribution >= 0.6 is 0 Å². The van der Waals surface area contributed by atoms with Crippen molar-refractivity contribution < 1.29 is 17.6 Å². The highest BCUT2D eigenvalue weighted by Crippen LogP contribution is 2.46. The monoisotopic (exact) mass is 484 g/mol. The van der Waals surface area contributed by atoms with Gasteiger partial charge in [0, 0.05) is 18.0 Å². The summed E-state index contributed by atoms with van der Waals surface area (Å²) >= 11 is 0. The highest BCUT2D eigenvalue weighted by Gasteiger charge is 2.38. The van der Waals surface area contributed by atoms with Crippen LogP contribution in [-0.2, 0) is 6.18 Å². The highest BCUT2D eigenvalue weighted by atomic mass is 19.4. The second-order valence-electron chi connectivity index (χ2n) is 8.26. The largest absolute Gasteiger partial charge is 0.433 e. The summed E-state index contributed by atoms with van der Waals surface area (Å²) in [5.41, 5.74) is -1.24. The fourth-order valence-electron chi connectivity index (χ4n) is 4.20. The van der Waals surface area contributed by atoms with Crippen molar-refractivity contribution in [1.82, 2.24) is 34.7 Å². The van der Waals surface area contributed by atoms with E-state index < -0.39 is 29.3 Å². The first kappa shape index (κ1) is 22.6. The van der Waals surface area contributed by atoms with Crippen molar-refractivity contribution in [3.8, 4) is 6.07 Å². The molecule has 0 radical (unpaired) electrons. The highest BCUT2D eigenvalue weighted by molar-refractivity contribution is 5.80. The zero-order chi connectivity index (χ0) is 24.9. The Kier molecular flexibility index (Phi) is 5.31. The van der Waals surface area contributed by atoms with Gasteiger partial charge < -0.3 is 4.98 Å². The lowest BCUT2D eigenvalue weighted by Crippen LogP contribution is -2.28. The molecule has 1 aliphatic rings. The molecule has 1 saturated carbocycles. The van der Waals surface area contributed by atoms with Crippen LogP contribution in [-0.4, -0.2) is 34.7 Å². The van der Waals surface area contributed by atoms with Gasteiger partial charge in [0.2, 0.25) is 0 Å². The average Bonchev–Trinajstić information content (AvgIpc) is 3.18. The molecular weight excluding hydrogens is 468 g/mol. The first-order chi connectivity index (χ1) is 16.7. The molecule has 0 spiro atoms. The van der Waals surface area contributed by atoms with E-state index >= 15 is 0 Å². The van der Waals surface area contributed by atoms with Crippen molar-refractivity contribution in [2.24, 2.45) is 0 Å². The van der Waals surface area contributed by atoms with E-state index in [1.807, 2.05) is 6.07 Å². The number of alkyl halides is 3. The minimum absolute atomic E-state index is 0.0168. The molecule has 1 fully saturated rings. The van der Waals surface area contributed by atoms with E-state index in [1.165, 1.54) is 10.7 Å². The number of fused-ring (bicyclic) bond motifs is 1. The number of aromatic nitrogens is 7. The van der Waals surface area contributed by atoms with E-state index in [2.05, 4.69) is 30.0 Å². The molecule has 178 valence electrons. The number of nitrogens with zero attached hydrogens (tertiary/aromatic N) is 7. The summed E-state index contributed by atoms with van der Waals surface area (Å²) in [7, 11) is 0. The van der Waals surface area contributed by atoms with E-state index in [0.717, 1.165) is 24.7 Å². The van der Waals surface area contributed by atoms with Gasteiger partial charge in [0.25, 0.3) is 5.56 Å². The fraction of sp³-hybridized carbons (Fsp3) is 0.318. The molecule has 0 bridgehead atoms. The van der Waals surface area contributed by atoms with Crippen molar-refractivity contribution in [2.75, 3.05) is 0 Å². The lowest BCUT2D eigenvalue weighted by molar-refractivity contribution is -0.141. The second-order valence-corrected chi connectivity index (χ2v) is 8.26. The lowest BCUT2D eigenvalue weighted by atomic mass is 9.72. The number of hydrogen-bond acceptors (Lipinski definition) is 7. The van der Waals surface area contributed by atoms with Crippen LogP contribution in [0.4, 0.5) is 17.6 Å². The number of H-pyrrole nitrogens is 1. The van der Waals surface area contributed by atoms with Gasteiger partial charge >= 0.3 is 6.18 Å². The molecule has 4 aromatic rings. The van der Waals surface area contributed by atoms with Crippen LogP contribution in [0.3, 0.4) is 0 Å². The summed E-state index contributed by atoms with van der Waals surface area (Å²) in [5, 5.41) is 13.7. The molecule has 5 rings (SSSR count). The van der Waals surface area contributed by atoms with Crippen molar-refractivity contribution in [1.29, 1.82) is 5.26 Å². The quantitative estimate of drug-likeness (QED) is 0.439. The van der Waals surface area contributed by atoms with Crippen LogP contribution in [0.5, 0.6) is 0 Å². The molecule has 13 heteroatoms. The third-order valence-corrected chi connectivity index (χ3v) is 6.21. The molecule has 0 aromatic carbocycles. The molecule has 0 aliphatic heterocycles. The molecule has 9 nitrogen and oxygen atoms in total. The summed E-state index contributed by atoms with van der Waals surface area (Å²) in [5.74, 6) is -0.206. The van der Waals surface area contributed by atoms with E-state index in [4.69, 9.17) is 0 Å². The van der Waals surface area contributed by atoms with E-state index in [0.29, 0.717) is 30.1 Å². The van der Waals surface area contributed by atoms with Crippen LogP contribution in [0.2, 0.25) is 0 Å². The van der Waals surface area contributed by atoms with Crippen molar-refractivity contribution >= 4 is 11.0 Å².